The monoisotopic (exact) mass is 762 g/mol. The van der Waals surface area contributed by atoms with Crippen LogP contribution in [0.2, 0.25) is 18.1 Å². The first-order valence-electron chi connectivity index (χ1n) is 21.0. The van der Waals surface area contributed by atoms with Crippen molar-refractivity contribution in [3.05, 3.63) is 71.8 Å². The Bertz CT molecular complexity index is 1500. The maximum Gasteiger partial charge on any atom is 0.303 e. The standard InChI is InChI=1S/C46H70O7Si/c1-32(19-22-42(47)48)37-20-21-38-43-39(27-41(46(37,38)6)52-31-50-29-34-17-13-10-14-18-34)45(5)24-23-36(53-54(7,8)44(2,3)4)25-35(45)26-40(43)51-30-49-28-33-15-11-9-12-16-33/h9-18,32,35-41,43H,19-31H2,1-8H3,(H,47,48)/t32-,35+,36-,37-,38+,39+,40-,41+,43+,45+,46-/m1/s1. The van der Waals surface area contributed by atoms with Gasteiger partial charge >= 0.3 is 5.97 Å². The summed E-state index contributed by atoms with van der Waals surface area (Å²) in [4.78, 5) is 11.7. The van der Waals surface area contributed by atoms with E-state index in [0.29, 0.717) is 49.2 Å². The second kappa shape index (κ2) is 17.2. The van der Waals surface area contributed by atoms with Crippen molar-refractivity contribution in [2.24, 2.45) is 46.3 Å². The van der Waals surface area contributed by atoms with Crippen LogP contribution in [0.4, 0.5) is 0 Å². The highest BCUT2D eigenvalue weighted by atomic mass is 28.4. The molecule has 4 aliphatic rings. The molecule has 0 bridgehead atoms. The number of aliphatic carboxylic acids is 1. The smallest absolute Gasteiger partial charge is 0.303 e. The van der Waals surface area contributed by atoms with Gasteiger partial charge in [-0.25, -0.2) is 0 Å². The Balaban J connectivity index is 1.28. The number of benzene rings is 2. The lowest BCUT2D eigenvalue weighted by atomic mass is 9.43. The Labute approximate surface area is 327 Å². The zero-order valence-electron chi connectivity index (χ0n) is 34.6. The van der Waals surface area contributed by atoms with Gasteiger partial charge in [-0.2, -0.15) is 0 Å². The maximum atomic E-state index is 11.7. The van der Waals surface area contributed by atoms with Crippen LogP contribution in [-0.4, -0.2) is 51.3 Å². The molecule has 1 N–H and O–H groups in total. The van der Waals surface area contributed by atoms with E-state index in [9.17, 15) is 9.90 Å². The first kappa shape index (κ1) is 41.6. The number of carboxylic acid groups (broad SMARTS) is 1. The molecule has 0 aromatic heterocycles. The van der Waals surface area contributed by atoms with E-state index in [4.69, 9.17) is 23.4 Å². The molecule has 8 heteroatoms. The van der Waals surface area contributed by atoms with Crippen LogP contribution >= 0.6 is 0 Å². The van der Waals surface area contributed by atoms with Crippen LogP contribution in [0.25, 0.3) is 0 Å². The van der Waals surface area contributed by atoms with Crippen molar-refractivity contribution in [2.75, 3.05) is 13.6 Å². The normalized spacial score (nSPS) is 34.4. The topological polar surface area (TPSA) is 83.5 Å². The molecule has 4 aliphatic carbocycles. The molecular formula is C46H70O7Si. The van der Waals surface area contributed by atoms with Crippen molar-refractivity contribution in [3.8, 4) is 0 Å². The summed E-state index contributed by atoms with van der Waals surface area (Å²) in [5.74, 6) is 1.67. The fourth-order valence-electron chi connectivity index (χ4n) is 11.5. The molecule has 0 heterocycles. The van der Waals surface area contributed by atoms with Gasteiger partial charge in [0.05, 0.1) is 25.4 Å². The lowest BCUT2D eigenvalue weighted by Gasteiger charge is -2.65. The summed E-state index contributed by atoms with van der Waals surface area (Å²) in [5.41, 5.74) is 2.34. The van der Waals surface area contributed by atoms with E-state index >= 15 is 0 Å². The number of carboxylic acids is 1. The van der Waals surface area contributed by atoms with Crippen molar-refractivity contribution in [2.45, 2.75) is 149 Å². The Morgan fingerprint density at radius 3 is 2.06 bits per heavy atom. The SMILES string of the molecule is C[C@H](CCC(=O)O)[C@H]1CC[C@H]2[C@@H]3[C@H](OCOCc4ccccc4)C[C@@H]4C[C@H](O[Si](C)(C)C(C)(C)C)CC[C@]4(C)[C@H]3C[C@H](OCOCc3ccccc3)[C@]12C. The van der Waals surface area contributed by atoms with E-state index in [2.05, 4.69) is 91.0 Å². The van der Waals surface area contributed by atoms with Gasteiger partial charge in [-0.05, 0) is 122 Å². The van der Waals surface area contributed by atoms with Crippen LogP contribution in [0.1, 0.15) is 110 Å². The second-order valence-corrected chi connectivity index (χ2v) is 24.2. The minimum absolute atomic E-state index is 0.0195. The van der Waals surface area contributed by atoms with Gasteiger partial charge in [-0.1, -0.05) is 102 Å². The molecule has 54 heavy (non-hydrogen) atoms. The molecule has 0 unspecified atom stereocenters. The largest absolute Gasteiger partial charge is 0.481 e. The number of hydrogen-bond acceptors (Lipinski definition) is 6. The zero-order chi connectivity index (χ0) is 38.7. The number of rotatable bonds is 16. The summed E-state index contributed by atoms with van der Waals surface area (Å²) < 4.78 is 33.5. The summed E-state index contributed by atoms with van der Waals surface area (Å²) in [5, 5.41) is 9.81. The van der Waals surface area contributed by atoms with Crippen LogP contribution in [0, 0.1) is 46.3 Å². The summed E-state index contributed by atoms with van der Waals surface area (Å²) in [7, 11) is -1.92. The fourth-order valence-corrected chi connectivity index (χ4v) is 12.9. The molecule has 0 aliphatic heterocycles. The number of carbonyl (C=O) groups is 1. The molecule has 0 spiro atoms. The Morgan fingerprint density at radius 1 is 0.852 bits per heavy atom. The lowest BCUT2D eigenvalue weighted by Crippen LogP contribution is -2.63. The molecular weight excluding hydrogens is 693 g/mol. The number of ether oxygens (including phenoxy) is 4. The fraction of sp³-hybridized carbons (Fsp3) is 0.717. The predicted molar refractivity (Wildman–Crippen MR) is 216 cm³/mol. The van der Waals surface area contributed by atoms with Gasteiger partial charge in [0.2, 0.25) is 0 Å². The van der Waals surface area contributed by atoms with Crippen LogP contribution < -0.4 is 0 Å². The van der Waals surface area contributed by atoms with Gasteiger partial charge in [0.15, 0.2) is 8.32 Å². The molecule has 4 fully saturated rings. The van der Waals surface area contributed by atoms with E-state index in [0.717, 1.165) is 56.1 Å². The summed E-state index contributed by atoms with van der Waals surface area (Å²) in [6, 6.07) is 20.7. The van der Waals surface area contributed by atoms with Crippen LogP contribution in [0.3, 0.4) is 0 Å². The third kappa shape index (κ3) is 8.89. The van der Waals surface area contributed by atoms with Crippen LogP contribution in [0.15, 0.2) is 60.7 Å². The van der Waals surface area contributed by atoms with Gasteiger partial charge in [0, 0.05) is 17.9 Å². The average Bonchev–Trinajstić information content (AvgIpc) is 3.49. The molecule has 0 radical (unpaired) electrons. The summed E-state index contributed by atoms with van der Waals surface area (Å²) in [6.45, 7) is 20.8. The van der Waals surface area contributed by atoms with Crippen molar-refractivity contribution in [1.82, 2.24) is 0 Å². The minimum Gasteiger partial charge on any atom is -0.481 e. The molecule has 300 valence electrons. The first-order chi connectivity index (χ1) is 25.6. The van der Waals surface area contributed by atoms with E-state index in [1.54, 1.807) is 0 Å². The highest BCUT2D eigenvalue weighted by Gasteiger charge is 2.67. The van der Waals surface area contributed by atoms with Gasteiger partial charge in [0.25, 0.3) is 0 Å². The molecule has 6 rings (SSSR count). The third-order valence-corrected chi connectivity index (χ3v) is 20.0. The minimum atomic E-state index is -1.92. The Kier molecular flexibility index (Phi) is 13.2. The molecule has 2 aromatic rings. The first-order valence-corrected chi connectivity index (χ1v) is 23.9. The van der Waals surface area contributed by atoms with Crippen molar-refractivity contribution in [3.63, 3.8) is 0 Å². The molecule has 2 aromatic carbocycles. The van der Waals surface area contributed by atoms with Crippen LogP contribution in [-0.2, 0) is 41.4 Å². The predicted octanol–water partition coefficient (Wildman–Crippen LogP) is 10.9. The molecule has 7 nitrogen and oxygen atoms in total. The van der Waals surface area contributed by atoms with Gasteiger partial charge in [-0.15, -0.1) is 0 Å². The molecule has 0 amide bonds. The van der Waals surface area contributed by atoms with Gasteiger partial charge in [-0.3, -0.25) is 4.79 Å². The zero-order valence-corrected chi connectivity index (χ0v) is 35.6. The van der Waals surface area contributed by atoms with Crippen molar-refractivity contribution < 1.29 is 33.3 Å². The number of fused-ring (bicyclic) bond motifs is 5. The van der Waals surface area contributed by atoms with E-state index < -0.39 is 14.3 Å². The molecule has 0 saturated heterocycles. The van der Waals surface area contributed by atoms with Gasteiger partial charge < -0.3 is 28.5 Å². The highest BCUT2D eigenvalue weighted by molar-refractivity contribution is 6.74. The molecule has 4 saturated carbocycles. The van der Waals surface area contributed by atoms with Crippen molar-refractivity contribution >= 4 is 14.3 Å². The maximum absolute atomic E-state index is 11.7. The highest BCUT2D eigenvalue weighted by Crippen LogP contribution is 2.69. The lowest BCUT2D eigenvalue weighted by molar-refractivity contribution is -0.251. The van der Waals surface area contributed by atoms with E-state index in [1.807, 2.05) is 24.3 Å². The van der Waals surface area contributed by atoms with Crippen molar-refractivity contribution in [1.29, 1.82) is 0 Å². The van der Waals surface area contributed by atoms with Gasteiger partial charge in [0.1, 0.15) is 13.6 Å². The Hall–Kier alpha value is -2.07. The van der Waals surface area contributed by atoms with E-state index in [-0.39, 0.29) is 60.1 Å². The summed E-state index contributed by atoms with van der Waals surface area (Å²) in [6.07, 6.45) is 8.85. The summed E-state index contributed by atoms with van der Waals surface area (Å²) >= 11 is 0. The second-order valence-electron chi connectivity index (χ2n) is 19.5. The van der Waals surface area contributed by atoms with Crippen LogP contribution in [0.5, 0.6) is 0 Å². The Morgan fingerprint density at radius 2 is 1.46 bits per heavy atom. The molecule has 11 atom stereocenters. The quantitative estimate of drug-likeness (QED) is 0.104. The van der Waals surface area contributed by atoms with E-state index in [1.165, 1.54) is 0 Å². The average molecular weight is 763 g/mol. The third-order valence-electron chi connectivity index (χ3n) is 15.5. The number of hydrogen-bond donors (Lipinski definition) is 1.